The molecule has 5 nitrogen and oxygen atoms in total. The quantitative estimate of drug-likeness (QED) is 0.863. The van der Waals surface area contributed by atoms with Crippen molar-refractivity contribution in [2.75, 3.05) is 6.26 Å². The molecule has 0 radical (unpaired) electrons. The monoisotopic (exact) mass is 338 g/mol. The topological polar surface area (TPSA) is 75.3 Å². The van der Waals surface area contributed by atoms with E-state index in [0.29, 0.717) is 15.6 Å². The van der Waals surface area contributed by atoms with Crippen LogP contribution in [0.5, 0.6) is 0 Å². The lowest BCUT2D eigenvalue weighted by atomic mass is 10.1. The molecule has 2 atom stereocenters. The van der Waals surface area contributed by atoms with E-state index < -0.39 is 28.0 Å². The van der Waals surface area contributed by atoms with Crippen LogP contribution < -0.4 is 10.0 Å². The lowest BCUT2D eigenvalue weighted by Crippen LogP contribution is -2.45. The Balaban J connectivity index is 2.78. The second kappa shape index (κ2) is 6.76. The smallest absolute Gasteiger partial charge is 0.238 e. The highest BCUT2D eigenvalue weighted by atomic mass is 35.5. The van der Waals surface area contributed by atoms with E-state index >= 15 is 0 Å². The van der Waals surface area contributed by atoms with Crippen molar-refractivity contribution in [3.8, 4) is 0 Å². The van der Waals surface area contributed by atoms with Crippen molar-refractivity contribution >= 4 is 39.1 Å². The van der Waals surface area contributed by atoms with Gasteiger partial charge < -0.3 is 5.32 Å². The number of benzene rings is 1. The summed E-state index contributed by atoms with van der Waals surface area (Å²) in [6.07, 6.45) is 0.994. The molecular weight excluding hydrogens is 323 g/mol. The number of hydrogen-bond acceptors (Lipinski definition) is 3. The largest absolute Gasteiger partial charge is 0.348 e. The third-order valence-electron chi connectivity index (χ3n) is 2.59. The number of hydrogen-bond donors (Lipinski definition) is 2. The van der Waals surface area contributed by atoms with Crippen molar-refractivity contribution in [2.45, 2.75) is 25.9 Å². The Hall–Kier alpha value is -0.820. The van der Waals surface area contributed by atoms with Gasteiger partial charge in [0.1, 0.15) is 0 Å². The molecule has 20 heavy (non-hydrogen) atoms. The van der Waals surface area contributed by atoms with Gasteiger partial charge in [-0.1, -0.05) is 35.3 Å². The van der Waals surface area contributed by atoms with Crippen molar-refractivity contribution in [1.29, 1.82) is 0 Å². The van der Waals surface area contributed by atoms with E-state index in [0.717, 1.165) is 6.26 Å². The van der Waals surface area contributed by atoms with Crippen LogP contribution in [0.25, 0.3) is 0 Å². The van der Waals surface area contributed by atoms with Crippen LogP contribution in [0.1, 0.15) is 25.5 Å². The van der Waals surface area contributed by atoms with Crippen LogP contribution in [-0.4, -0.2) is 26.6 Å². The highest BCUT2D eigenvalue weighted by molar-refractivity contribution is 7.88. The Morgan fingerprint density at radius 2 is 1.85 bits per heavy atom. The highest BCUT2D eigenvalue weighted by Crippen LogP contribution is 2.29. The number of sulfonamides is 1. The fourth-order valence-corrected chi connectivity index (χ4v) is 2.87. The molecule has 0 heterocycles. The molecule has 1 rings (SSSR count). The van der Waals surface area contributed by atoms with E-state index in [2.05, 4.69) is 10.0 Å². The van der Waals surface area contributed by atoms with Crippen LogP contribution >= 0.6 is 23.2 Å². The number of amides is 1. The van der Waals surface area contributed by atoms with Crippen molar-refractivity contribution < 1.29 is 13.2 Å². The maximum atomic E-state index is 11.9. The van der Waals surface area contributed by atoms with E-state index in [9.17, 15) is 13.2 Å². The van der Waals surface area contributed by atoms with Crippen LogP contribution in [0.15, 0.2) is 18.2 Å². The Morgan fingerprint density at radius 1 is 1.25 bits per heavy atom. The van der Waals surface area contributed by atoms with Crippen LogP contribution in [0.4, 0.5) is 0 Å². The van der Waals surface area contributed by atoms with Crippen LogP contribution in [0.2, 0.25) is 10.0 Å². The molecule has 0 saturated carbocycles. The Bertz CT molecular complexity index is 605. The first-order valence-corrected chi connectivity index (χ1v) is 8.48. The van der Waals surface area contributed by atoms with Gasteiger partial charge in [0.05, 0.1) is 28.4 Å². The molecule has 1 aromatic carbocycles. The molecule has 1 aromatic rings. The van der Waals surface area contributed by atoms with Gasteiger partial charge in [0.25, 0.3) is 0 Å². The third kappa shape index (κ3) is 4.94. The van der Waals surface area contributed by atoms with Crippen molar-refractivity contribution in [3.63, 3.8) is 0 Å². The normalized spacial score (nSPS) is 14.7. The zero-order chi connectivity index (χ0) is 15.5. The van der Waals surface area contributed by atoms with Gasteiger partial charge in [-0.25, -0.2) is 13.1 Å². The average Bonchev–Trinajstić information content (AvgIpc) is 2.30. The summed E-state index contributed by atoms with van der Waals surface area (Å²) in [5.41, 5.74) is 0.666. The summed E-state index contributed by atoms with van der Waals surface area (Å²) in [6.45, 7) is 3.20. The van der Waals surface area contributed by atoms with E-state index in [1.54, 1.807) is 25.1 Å². The summed E-state index contributed by atoms with van der Waals surface area (Å²) in [5.74, 6) is -0.445. The van der Waals surface area contributed by atoms with Gasteiger partial charge >= 0.3 is 0 Å². The molecule has 0 saturated heterocycles. The predicted octanol–water partition coefficient (Wildman–Crippen LogP) is 2.11. The fourth-order valence-electron chi connectivity index (χ4n) is 1.65. The minimum atomic E-state index is -3.44. The van der Waals surface area contributed by atoms with Crippen molar-refractivity contribution in [3.05, 3.63) is 33.8 Å². The molecule has 8 heteroatoms. The van der Waals surface area contributed by atoms with Gasteiger partial charge in [-0.2, -0.15) is 0 Å². The Kier molecular flexibility index (Phi) is 5.82. The van der Waals surface area contributed by atoms with E-state index in [1.165, 1.54) is 6.92 Å². The maximum absolute atomic E-state index is 11.9. The Labute approximate surface area is 128 Å². The van der Waals surface area contributed by atoms with Gasteiger partial charge in [-0.3, -0.25) is 4.79 Å². The number of carbonyl (C=O) groups is 1. The molecule has 0 aliphatic rings. The molecule has 0 aliphatic heterocycles. The molecule has 0 bridgehead atoms. The summed E-state index contributed by atoms with van der Waals surface area (Å²) in [4.78, 5) is 11.9. The van der Waals surface area contributed by atoms with Gasteiger partial charge in [-0.05, 0) is 25.5 Å². The maximum Gasteiger partial charge on any atom is 0.238 e. The fraction of sp³-hybridized carbons (Fsp3) is 0.417. The first-order chi connectivity index (χ1) is 9.11. The lowest BCUT2D eigenvalue weighted by Gasteiger charge is -2.19. The third-order valence-corrected chi connectivity index (χ3v) is 4.21. The van der Waals surface area contributed by atoms with E-state index in [1.807, 2.05) is 0 Å². The van der Waals surface area contributed by atoms with Gasteiger partial charge in [-0.15, -0.1) is 0 Å². The van der Waals surface area contributed by atoms with Crippen LogP contribution in [0, 0.1) is 0 Å². The van der Waals surface area contributed by atoms with E-state index in [-0.39, 0.29) is 0 Å². The molecule has 112 valence electrons. The summed E-state index contributed by atoms with van der Waals surface area (Å²) < 4.78 is 24.3. The SMILES string of the molecule is CC(NS(C)(=O)=O)C(=O)NC(C)c1cccc(Cl)c1Cl. The minimum Gasteiger partial charge on any atom is -0.348 e. The number of nitrogens with one attached hydrogen (secondary N) is 2. The van der Waals surface area contributed by atoms with Crippen molar-refractivity contribution in [1.82, 2.24) is 10.0 Å². The first kappa shape index (κ1) is 17.2. The summed E-state index contributed by atoms with van der Waals surface area (Å²) in [5, 5.41) is 3.44. The second-order valence-electron chi connectivity index (χ2n) is 4.49. The zero-order valence-corrected chi connectivity index (χ0v) is 13.6. The van der Waals surface area contributed by atoms with Crippen molar-refractivity contribution in [2.24, 2.45) is 0 Å². The summed E-state index contributed by atoms with van der Waals surface area (Å²) >= 11 is 12.0. The molecule has 2 N–H and O–H groups in total. The molecular formula is C12H16Cl2N2O3S. The number of halogens is 2. The lowest BCUT2D eigenvalue weighted by molar-refractivity contribution is -0.123. The molecule has 1 amide bonds. The minimum absolute atomic E-state index is 0.366. The molecule has 2 unspecified atom stereocenters. The zero-order valence-electron chi connectivity index (χ0n) is 11.3. The molecule has 0 aromatic heterocycles. The summed E-state index contributed by atoms with van der Waals surface area (Å²) in [6, 6.07) is 3.86. The number of carbonyl (C=O) groups excluding carboxylic acids is 1. The highest BCUT2D eigenvalue weighted by Gasteiger charge is 2.20. The first-order valence-electron chi connectivity index (χ1n) is 5.83. The van der Waals surface area contributed by atoms with E-state index in [4.69, 9.17) is 23.2 Å². The predicted molar refractivity (Wildman–Crippen MR) is 80.5 cm³/mol. The second-order valence-corrected chi connectivity index (χ2v) is 7.05. The number of rotatable bonds is 5. The summed E-state index contributed by atoms with van der Waals surface area (Å²) in [7, 11) is -3.44. The molecule has 0 aliphatic carbocycles. The van der Waals surface area contributed by atoms with Gasteiger partial charge in [0, 0.05) is 0 Å². The molecule has 0 fully saturated rings. The molecule has 0 spiro atoms. The Morgan fingerprint density at radius 3 is 2.40 bits per heavy atom. The average molecular weight is 339 g/mol. The van der Waals surface area contributed by atoms with Crippen LogP contribution in [0.3, 0.4) is 0 Å². The standard InChI is InChI=1S/C12H16Cl2N2O3S/c1-7(9-5-4-6-10(13)11(9)14)15-12(17)8(2)16-20(3,18)19/h4-8,16H,1-3H3,(H,15,17). The van der Waals surface area contributed by atoms with Gasteiger partial charge in [0.2, 0.25) is 15.9 Å². The van der Waals surface area contributed by atoms with Crippen LogP contribution in [-0.2, 0) is 14.8 Å². The van der Waals surface area contributed by atoms with Gasteiger partial charge in [0.15, 0.2) is 0 Å².